The van der Waals surface area contributed by atoms with E-state index in [0.717, 1.165) is 11.4 Å². The van der Waals surface area contributed by atoms with Crippen LogP contribution in [-0.2, 0) is 9.53 Å². The molecule has 0 radical (unpaired) electrons. The molecular formula is C12H17ClN2O2. The van der Waals surface area contributed by atoms with Gasteiger partial charge in [0.1, 0.15) is 0 Å². The van der Waals surface area contributed by atoms with E-state index in [0.29, 0.717) is 24.6 Å². The van der Waals surface area contributed by atoms with E-state index in [2.05, 4.69) is 10.6 Å². The van der Waals surface area contributed by atoms with Crippen LogP contribution < -0.4 is 10.6 Å². The molecule has 0 saturated heterocycles. The molecule has 0 aliphatic carbocycles. The van der Waals surface area contributed by atoms with E-state index < -0.39 is 0 Å². The zero-order valence-electron chi connectivity index (χ0n) is 10.0. The molecule has 2 N–H and O–H groups in total. The van der Waals surface area contributed by atoms with Gasteiger partial charge in [-0.05, 0) is 18.2 Å². The fourth-order valence-corrected chi connectivity index (χ4v) is 1.46. The average Bonchev–Trinajstić information content (AvgIpc) is 2.33. The van der Waals surface area contributed by atoms with Crippen LogP contribution in [0.2, 0.25) is 5.02 Å². The molecule has 0 saturated carbocycles. The van der Waals surface area contributed by atoms with Crippen LogP contribution in [0, 0.1) is 0 Å². The van der Waals surface area contributed by atoms with Crippen molar-refractivity contribution in [2.75, 3.05) is 30.9 Å². The molecule has 0 aliphatic heterocycles. The lowest BCUT2D eigenvalue weighted by molar-refractivity contribution is -0.115. The third-order valence-electron chi connectivity index (χ3n) is 2.19. The van der Waals surface area contributed by atoms with Gasteiger partial charge in [-0.2, -0.15) is 0 Å². The van der Waals surface area contributed by atoms with Gasteiger partial charge >= 0.3 is 0 Å². The number of carbonyl (C=O) groups is 1. The van der Waals surface area contributed by atoms with Crippen LogP contribution in [0.3, 0.4) is 0 Å². The van der Waals surface area contributed by atoms with Crippen molar-refractivity contribution in [2.45, 2.75) is 13.3 Å². The number of hydrogen-bond donors (Lipinski definition) is 2. The molecule has 1 rings (SSSR count). The fraction of sp³-hybridized carbons (Fsp3) is 0.417. The standard InChI is InChI=1S/C12H17ClN2O2/c1-3-12(16)15-9-4-5-10(13)11(8-9)14-6-7-17-2/h4-5,8,14H,3,6-7H2,1-2H3,(H,15,16). The van der Waals surface area contributed by atoms with Crippen molar-refractivity contribution >= 4 is 28.9 Å². The van der Waals surface area contributed by atoms with Gasteiger partial charge in [0.05, 0.1) is 17.3 Å². The van der Waals surface area contributed by atoms with E-state index in [4.69, 9.17) is 16.3 Å². The summed E-state index contributed by atoms with van der Waals surface area (Å²) in [5.74, 6) is -0.0184. The monoisotopic (exact) mass is 256 g/mol. The summed E-state index contributed by atoms with van der Waals surface area (Å²) in [7, 11) is 1.64. The molecule has 17 heavy (non-hydrogen) atoms. The lowest BCUT2D eigenvalue weighted by atomic mass is 10.2. The molecule has 5 heteroatoms. The molecule has 4 nitrogen and oxygen atoms in total. The Labute approximate surface area is 106 Å². The maximum atomic E-state index is 11.3. The summed E-state index contributed by atoms with van der Waals surface area (Å²) in [5, 5.41) is 6.54. The van der Waals surface area contributed by atoms with Crippen LogP contribution in [0.15, 0.2) is 18.2 Å². The van der Waals surface area contributed by atoms with Gasteiger partial charge in [0.15, 0.2) is 0 Å². The summed E-state index contributed by atoms with van der Waals surface area (Å²) >= 11 is 6.03. The molecule has 1 aromatic rings. The van der Waals surface area contributed by atoms with Crippen LogP contribution in [0.1, 0.15) is 13.3 Å². The van der Waals surface area contributed by atoms with Crippen molar-refractivity contribution in [3.05, 3.63) is 23.2 Å². The largest absolute Gasteiger partial charge is 0.383 e. The Hall–Kier alpha value is -1.26. The summed E-state index contributed by atoms with van der Waals surface area (Å²) < 4.78 is 4.94. The van der Waals surface area contributed by atoms with Crippen molar-refractivity contribution < 1.29 is 9.53 Å². The molecule has 94 valence electrons. The van der Waals surface area contributed by atoms with Crippen molar-refractivity contribution in [1.82, 2.24) is 0 Å². The van der Waals surface area contributed by atoms with E-state index in [1.807, 2.05) is 13.0 Å². The first-order valence-corrected chi connectivity index (χ1v) is 5.87. The first kappa shape index (κ1) is 13.8. The van der Waals surface area contributed by atoms with Crippen molar-refractivity contribution in [1.29, 1.82) is 0 Å². The van der Waals surface area contributed by atoms with E-state index in [1.54, 1.807) is 19.2 Å². The first-order valence-electron chi connectivity index (χ1n) is 5.49. The Morgan fingerprint density at radius 3 is 2.88 bits per heavy atom. The molecule has 0 spiro atoms. The molecule has 0 fully saturated rings. The van der Waals surface area contributed by atoms with Gasteiger partial charge in [-0.1, -0.05) is 18.5 Å². The first-order chi connectivity index (χ1) is 8.17. The number of anilines is 2. The number of nitrogens with one attached hydrogen (secondary N) is 2. The minimum Gasteiger partial charge on any atom is -0.383 e. The van der Waals surface area contributed by atoms with Crippen molar-refractivity contribution in [3.8, 4) is 0 Å². The molecule has 0 aromatic heterocycles. The van der Waals surface area contributed by atoms with Crippen molar-refractivity contribution in [2.24, 2.45) is 0 Å². The smallest absolute Gasteiger partial charge is 0.224 e. The maximum absolute atomic E-state index is 11.3. The van der Waals surface area contributed by atoms with Crippen LogP contribution in [0.4, 0.5) is 11.4 Å². The number of ether oxygens (including phenoxy) is 1. The molecule has 0 atom stereocenters. The number of benzene rings is 1. The normalized spacial score (nSPS) is 10.1. The van der Waals surface area contributed by atoms with Crippen molar-refractivity contribution in [3.63, 3.8) is 0 Å². The molecule has 1 aromatic carbocycles. The molecule has 0 unspecified atom stereocenters. The zero-order chi connectivity index (χ0) is 12.7. The average molecular weight is 257 g/mol. The van der Waals surface area contributed by atoms with E-state index >= 15 is 0 Å². The van der Waals surface area contributed by atoms with Crippen LogP contribution in [-0.4, -0.2) is 26.2 Å². The Kier molecular flexibility index (Phi) is 5.80. The quantitative estimate of drug-likeness (QED) is 0.770. The van der Waals surface area contributed by atoms with Crippen LogP contribution in [0.5, 0.6) is 0 Å². The lowest BCUT2D eigenvalue weighted by Crippen LogP contribution is -2.11. The number of carbonyl (C=O) groups excluding carboxylic acids is 1. The third-order valence-corrected chi connectivity index (χ3v) is 2.52. The van der Waals surface area contributed by atoms with Gasteiger partial charge in [0.2, 0.25) is 5.91 Å². The highest BCUT2D eigenvalue weighted by atomic mass is 35.5. The molecule has 0 bridgehead atoms. The number of methoxy groups -OCH3 is 1. The van der Waals surface area contributed by atoms with Gasteiger partial charge in [-0.25, -0.2) is 0 Å². The highest BCUT2D eigenvalue weighted by molar-refractivity contribution is 6.33. The van der Waals surface area contributed by atoms with Crippen LogP contribution in [0.25, 0.3) is 0 Å². The minimum atomic E-state index is -0.0184. The van der Waals surface area contributed by atoms with E-state index in [9.17, 15) is 4.79 Å². The Morgan fingerprint density at radius 1 is 1.47 bits per heavy atom. The number of rotatable bonds is 6. The van der Waals surface area contributed by atoms with Gasteiger partial charge in [-0.15, -0.1) is 0 Å². The fourth-order valence-electron chi connectivity index (χ4n) is 1.28. The highest BCUT2D eigenvalue weighted by Crippen LogP contribution is 2.25. The number of halogens is 1. The van der Waals surface area contributed by atoms with Gasteiger partial charge in [0.25, 0.3) is 0 Å². The Balaban J connectivity index is 2.68. The maximum Gasteiger partial charge on any atom is 0.224 e. The second-order valence-electron chi connectivity index (χ2n) is 3.52. The Morgan fingerprint density at radius 2 is 2.24 bits per heavy atom. The molecule has 0 heterocycles. The zero-order valence-corrected chi connectivity index (χ0v) is 10.8. The summed E-state index contributed by atoms with van der Waals surface area (Å²) in [5.41, 5.74) is 1.53. The molecular weight excluding hydrogens is 240 g/mol. The predicted molar refractivity (Wildman–Crippen MR) is 70.7 cm³/mol. The predicted octanol–water partition coefficient (Wildman–Crippen LogP) is 2.75. The van der Waals surface area contributed by atoms with E-state index in [-0.39, 0.29) is 5.91 Å². The SMILES string of the molecule is CCC(=O)Nc1ccc(Cl)c(NCCOC)c1. The van der Waals surface area contributed by atoms with Crippen LogP contribution >= 0.6 is 11.6 Å². The highest BCUT2D eigenvalue weighted by Gasteiger charge is 2.03. The van der Waals surface area contributed by atoms with Gasteiger partial charge in [0, 0.05) is 25.8 Å². The number of hydrogen-bond acceptors (Lipinski definition) is 3. The van der Waals surface area contributed by atoms with Gasteiger partial charge < -0.3 is 15.4 Å². The minimum absolute atomic E-state index is 0.0184. The molecule has 1 amide bonds. The second kappa shape index (κ2) is 7.14. The summed E-state index contributed by atoms with van der Waals surface area (Å²) in [4.78, 5) is 11.3. The van der Waals surface area contributed by atoms with E-state index in [1.165, 1.54) is 0 Å². The molecule has 0 aliphatic rings. The second-order valence-corrected chi connectivity index (χ2v) is 3.92. The Bertz CT molecular complexity index is 383. The number of amides is 1. The summed E-state index contributed by atoms with van der Waals surface area (Å²) in [6.07, 6.45) is 0.453. The lowest BCUT2D eigenvalue weighted by Gasteiger charge is -2.10. The summed E-state index contributed by atoms with van der Waals surface area (Å²) in [6.45, 7) is 3.08. The third kappa shape index (κ3) is 4.63. The summed E-state index contributed by atoms with van der Waals surface area (Å²) in [6, 6.07) is 5.34. The van der Waals surface area contributed by atoms with Gasteiger partial charge in [-0.3, -0.25) is 4.79 Å². The topological polar surface area (TPSA) is 50.4 Å².